The van der Waals surface area contributed by atoms with Crippen LogP contribution in [0.2, 0.25) is 0 Å². The van der Waals surface area contributed by atoms with E-state index in [4.69, 9.17) is 0 Å². The van der Waals surface area contributed by atoms with Crippen molar-refractivity contribution >= 4 is 10.9 Å². The van der Waals surface area contributed by atoms with Crippen LogP contribution in [0.1, 0.15) is 42.7 Å². The van der Waals surface area contributed by atoms with E-state index in [0.29, 0.717) is 5.69 Å². The van der Waals surface area contributed by atoms with Gasteiger partial charge in [-0.25, -0.2) is 17.6 Å². The molecule has 2 aromatic rings. The van der Waals surface area contributed by atoms with Crippen LogP contribution in [0, 0.1) is 17.5 Å². The summed E-state index contributed by atoms with van der Waals surface area (Å²) in [5.74, 6) is -4.09. The lowest BCUT2D eigenvalue weighted by molar-refractivity contribution is 0.0882. The number of aromatic nitrogens is 1. The maximum absolute atomic E-state index is 14.5. The Morgan fingerprint density at radius 1 is 1.14 bits per heavy atom. The Labute approximate surface area is 118 Å². The highest BCUT2D eigenvalue weighted by Gasteiger charge is 2.38. The fraction of sp³-hybridized carbons (Fsp3) is 0.467. The van der Waals surface area contributed by atoms with Crippen LogP contribution in [-0.2, 0) is 0 Å². The van der Waals surface area contributed by atoms with Gasteiger partial charge in [-0.3, -0.25) is 4.90 Å². The van der Waals surface area contributed by atoms with Gasteiger partial charge in [0.1, 0.15) is 6.17 Å². The SMILES string of the molecule is Fc1cc2[nH]c3c(c2c(F)c1F)C(F)CN1CCCCC31. The van der Waals surface area contributed by atoms with E-state index in [2.05, 4.69) is 4.98 Å². The average Bonchev–Trinajstić information content (AvgIpc) is 2.85. The topological polar surface area (TPSA) is 19.0 Å². The van der Waals surface area contributed by atoms with E-state index in [-0.39, 0.29) is 29.1 Å². The second kappa shape index (κ2) is 4.47. The molecular formula is C15H14F4N2. The number of nitrogens with zero attached hydrogens (tertiary/aromatic N) is 1. The molecule has 6 heteroatoms. The number of fused-ring (bicyclic) bond motifs is 5. The monoisotopic (exact) mass is 298 g/mol. The van der Waals surface area contributed by atoms with Crippen LogP contribution < -0.4 is 0 Å². The average molecular weight is 298 g/mol. The molecule has 2 aliphatic heterocycles. The molecule has 1 saturated heterocycles. The molecule has 2 atom stereocenters. The van der Waals surface area contributed by atoms with Crippen LogP contribution in [0.5, 0.6) is 0 Å². The van der Waals surface area contributed by atoms with Crippen molar-refractivity contribution in [2.45, 2.75) is 31.5 Å². The molecule has 1 N–H and O–H groups in total. The fourth-order valence-corrected chi connectivity index (χ4v) is 3.73. The Hall–Kier alpha value is -1.56. The molecule has 21 heavy (non-hydrogen) atoms. The van der Waals surface area contributed by atoms with Gasteiger partial charge >= 0.3 is 0 Å². The number of rotatable bonds is 0. The molecule has 112 valence electrons. The highest BCUT2D eigenvalue weighted by molar-refractivity contribution is 5.86. The summed E-state index contributed by atoms with van der Waals surface area (Å²) in [4.78, 5) is 4.95. The standard InChI is InChI=1S/C15H14F4N2/c16-7-5-9-12(14(19)13(7)18)11-8(17)6-21-4-2-1-3-10(21)15(11)20-9/h5,8,10,20H,1-4,6H2. The molecule has 0 saturated carbocycles. The quantitative estimate of drug-likeness (QED) is 0.572. The van der Waals surface area contributed by atoms with E-state index in [9.17, 15) is 17.6 Å². The Balaban J connectivity index is 1.99. The van der Waals surface area contributed by atoms with Crippen LogP contribution in [-0.4, -0.2) is 23.0 Å². The first-order chi connectivity index (χ1) is 10.1. The van der Waals surface area contributed by atoms with Gasteiger partial charge in [-0.15, -0.1) is 0 Å². The van der Waals surface area contributed by atoms with E-state index in [0.717, 1.165) is 31.9 Å². The van der Waals surface area contributed by atoms with Crippen LogP contribution in [0.4, 0.5) is 17.6 Å². The third-order valence-corrected chi connectivity index (χ3v) is 4.65. The third-order valence-electron chi connectivity index (χ3n) is 4.65. The van der Waals surface area contributed by atoms with Crippen molar-refractivity contribution in [1.82, 2.24) is 9.88 Å². The van der Waals surface area contributed by atoms with Crippen molar-refractivity contribution in [1.29, 1.82) is 0 Å². The number of aromatic amines is 1. The molecule has 1 aromatic heterocycles. The summed E-state index contributed by atoms with van der Waals surface area (Å²) in [5, 5.41) is -0.137. The van der Waals surface area contributed by atoms with Gasteiger partial charge in [0, 0.05) is 29.3 Å². The van der Waals surface area contributed by atoms with Gasteiger partial charge in [0.2, 0.25) is 0 Å². The minimum Gasteiger partial charge on any atom is -0.357 e. The van der Waals surface area contributed by atoms with Gasteiger partial charge in [0.05, 0.1) is 11.6 Å². The number of benzene rings is 1. The lowest BCUT2D eigenvalue weighted by Crippen LogP contribution is -2.39. The summed E-state index contributed by atoms with van der Waals surface area (Å²) in [6, 6.07) is 0.894. The number of nitrogens with one attached hydrogen (secondary N) is 1. The van der Waals surface area contributed by atoms with E-state index in [1.807, 2.05) is 4.90 Å². The predicted octanol–water partition coefficient (Wildman–Crippen LogP) is 4.14. The molecule has 3 heterocycles. The number of hydrogen-bond acceptors (Lipinski definition) is 1. The Kier molecular flexibility index (Phi) is 2.79. The summed E-state index contributed by atoms with van der Waals surface area (Å²) in [6.07, 6.45) is 1.48. The molecule has 0 aliphatic carbocycles. The molecule has 2 nitrogen and oxygen atoms in total. The van der Waals surface area contributed by atoms with Crippen LogP contribution in [0.25, 0.3) is 10.9 Å². The smallest absolute Gasteiger partial charge is 0.195 e. The van der Waals surface area contributed by atoms with Crippen molar-refractivity contribution in [3.63, 3.8) is 0 Å². The summed E-state index contributed by atoms with van der Waals surface area (Å²) in [5.41, 5.74) is 0.878. The van der Waals surface area contributed by atoms with Crippen molar-refractivity contribution in [3.05, 3.63) is 34.8 Å². The van der Waals surface area contributed by atoms with Crippen molar-refractivity contribution < 1.29 is 17.6 Å². The van der Waals surface area contributed by atoms with Crippen LogP contribution in [0.15, 0.2) is 6.07 Å². The van der Waals surface area contributed by atoms with Crippen LogP contribution in [0.3, 0.4) is 0 Å². The van der Waals surface area contributed by atoms with Crippen molar-refractivity contribution in [2.24, 2.45) is 0 Å². The molecule has 1 aromatic carbocycles. The van der Waals surface area contributed by atoms with Gasteiger partial charge in [-0.05, 0) is 19.4 Å². The van der Waals surface area contributed by atoms with Gasteiger partial charge in [-0.1, -0.05) is 6.42 Å². The van der Waals surface area contributed by atoms with Gasteiger partial charge in [0.25, 0.3) is 0 Å². The molecule has 0 amide bonds. The normalized spacial score (nSPS) is 25.9. The summed E-state index contributed by atoms with van der Waals surface area (Å²) in [7, 11) is 0. The number of hydrogen-bond donors (Lipinski definition) is 1. The number of piperidine rings is 1. The molecule has 1 fully saturated rings. The van der Waals surface area contributed by atoms with Crippen LogP contribution >= 0.6 is 0 Å². The summed E-state index contributed by atoms with van der Waals surface area (Å²) < 4.78 is 55.4. The predicted molar refractivity (Wildman–Crippen MR) is 70.2 cm³/mol. The van der Waals surface area contributed by atoms with Gasteiger partial charge in [0.15, 0.2) is 17.5 Å². The summed E-state index contributed by atoms with van der Waals surface area (Å²) >= 11 is 0. The Morgan fingerprint density at radius 2 is 1.95 bits per heavy atom. The zero-order valence-corrected chi connectivity index (χ0v) is 11.2. The molecule has 2 aliphatic rings. The molecule has 0 radical (unpaired) electrons. The molecule has 4 rings (SSSR count). The van der Waals surface area contributed by atoms with E-state index in [1.54, 1.807) is 0 Å². The zero-order valence-electron chi connectivity index (χ0n) is 11.2. The fourth-order valence-electron chi connectivity index (χ4n) is 3.73. The minimum atomic E-state index is -1.54. The first-order valence-corrected chi connectivity index (χ1v) is 7.15. The number of halogens is 4. The van der Waals surface area contributed by atoms with E-state index < -0.39 is 23.6 Å². The largest absolute Gasteiger partial charge is 0.357 e. The number of alkyl halides is 1. The van der Waals surface area contributed by atoms with Crippen molar-refractivity contribution in [2.75, 3.05) is 13.1 Å². The first kappa shape index (κ1) is 13.1. The van der Waals surface area contributed by atoms with E-state index >= 15 is 0 Å². The maximum Gasteiger partial charge on any atom is 0.195 e. The molecule has 0 bridgehead atoms. The zero-order chi connectivity index (χ0) is 14.7. The second-order valence-corrected chi connectivity index (χ2v) is 5.84. The first-order valence-electron chi connectivity index (χ1n) is 7.15. The third kappa shape index (κ3) is 1.75. The minimum absolute atomic E-state index is 0.0151. The maximum atomic E-state index is 14.5. The van der Waals surface area contributed by atoms with Crippen molar-refractivity contribution in [3.8, 4) is 0 Å². The second-order valence-electron chi connectivity index (χ2n) is 5.84. The van der Waals surface area contributed by atoms with E-state index in [1.165, 1.54) is 0 Å². The highest BCUT2D eigenvalue weighted by Crippen LogP contribution is 2.45. The Bertz CT molecular complexity index is 724. The number of H-pyrrole nitrogens is 1. The molecular weight excluding hydrogens is 284 g/mol. The van der Waals surface area contributed by atoms with Gasteiger partial charge < -0.3 is 4.98 Å². The highest BCUT2D eigenvalue weighted by atomic mass is 19.2. The Morgan fingerprint density at radius 3 is 2.76 bits per heavy atom. The molecule has 2 unspecified atom stereocenters. The molecule has 0 spiro atoms. The lowest BCUT2D eigenvalue weighted by Gasteiger charge is -2.40. The summed E-state index contributed by atoms with van der Waals surface area (Å²) in [6.45, 7) is 0.980. The van der Waals surface area contributed by atoms with Gasteiger partial charge in [-0.2, -0.15) is 0 Å². The lowest BCUT2D eigenvalue weighted by atomic mass is 9.90.